The lowest BCUT2D eigenvalue weighted by molar-refractivity contribution is 0.0523. The summed E-state index contributed by atoms with van der Waals surface area (Å²) in [5, 5.41) is 9.04. The van der Waals surface area contributed by atoms with E-state index in [-0.39, 0.29) is 12.6 Å². The first-order valence-corrected chi connectivity index (χ1v) is 14.6. The molecule has 154 valence electrons. The fraction of sp³-hybridized carbons (Fsp3) is 0.375. The monoisotopic (exact) mass is 426 g/mol. The van der Waals surface area contributed by atoms with Crippen LogP contribution in [0.15, 0.2) is 47.4 Å². The molecule has 0 heterocycles. The number of carbonyl (C=O) groups excluding carboxylic acids is 1. The number of aliphatic hydroxyl groups is 1. The van der Waals surface area contributed by atoms with Crippen molar-refractivity contribution in [1.82, 2.24) is 0 Å². The maximum absolute atomic E-state index is 13.0. The van der Waals surface area contributed by atoms with E-state index in [1.807, 2.05) is 37.3 Å². The number of esters is 1. The number of aryl methyl sites for hydroxylation is 1. The van der Waals surface area contributed by atoms with Crippen LogP contribution in [0, 0.1) is 18.8 Å². The number of hydrogen-bond acceptors (Lipinski definition) is 4. The third-order valence-corrected chi connectivity index (χ3v) is 7.14. The molecular weight excluding hydrogens is 396 g/mol. The van der Waals surface area contributed by atoms with Crippen LogP contribution in [-0.4, -0.2) is 32.4 Å². The Morgan fingerprint density at radius 2 is 1.86 bits per heavy atom. The Kier molecular flexibility index (Phi) is 9.03. The molecule has 0 fully saturated rings. The molecule has 0 saturated heterocycles. The molecule has 0 radical (unpaired) electrons. The van der Waals surface area contributed by atoms with Crippen molar-refractivity contribution in [2.24, 2.45) is 0 Å². The molecule has 0 spiro atoms. The quantitative estimate of drug-likeness (QED) is 0.261. The molecule has 2 rings (SSSR count). The fourth-order valence-electron chi connectivity index (χ4n) is 2.72. The standard InChI is InChI=1S/C24H30O3SSi/c1-19-13-14-20(10-8-9-15-25)22(18-28-21-11-6-5-7-12-21)23(19)24(26)27-16-17-29(2,3)4/h5-7,11-14,25H,9,15-18H2,1-4H3. The van der Waals surface area contributed by atoms with E-state index in [9.17, 15) is 4.79 Å². The third-order valence-electron chi connectivity index (χ3n) is 4.40. The Morgan fingerprint density at radius 1 is 1.14 bits per heavy atom. The molecule has 0 aliphatic carbocycles. The summed E-state index contributed by atoms with van der Waals surface area (Å²) in [5.41, 5.74) is 3.26. The van der Waals surface area contributed by atoms with Crippen molar-refractivity contribution in [1.29, 1.82) is 0 Å². The molecule has 0 aliphatic heterocycles. The second-order valence-electron chi connectivity index (χ2n) is 8.11. The Bertz CT molecular complexity index is 877. The zero-order valence-electron chi connectivity index (χ0n) is 17.7. The average Bonchev–Trinajstić information content (AvgIpc) is 2.67. The van der Waals surface area contributed by atoms with Crippen molar-refractivity contribution < 1.29 is 14.6 Å². The van der Waals surface area contributed by atoms with Gasteiger partial charge in [-0.05, 0) is 42.3 Å². The molecule has 0 saturated carbocycles. The highest BCUT2D eigenvalue weighted by Gasteiger charge is 2.20. The van der Waals surface area contributed by atoms with Gasteiger partial charge in [0, 0.05) is 30.7 Å². The van der Waals surface area contributed by atoms with E-state index >= 15 is 0 Å². The van der Waals surface area contributed by atoms with Gasteiger partial charge in [0.05, 0.1) is 18.8 Å². The Balaban J connectivity index is 2.32. The van der Waals surface area contributed by atoms with Crippen molar-refractivity contribution >= 4 is 25.8 Å². The highest BCUT2D eigenvalue weighted by molar-refractivity contribution is 7.98. The van der Waals surface area contributed by atoms with E-state index in [4.69, 9.17) is 9.84 Å². The van der Waals surface area contributed by atoms with Gasteiger partial charge in [0.1, 0.15) is 0 Å². The van der Waals surface area contributed by atoms with Gasteiger partial charge in [-0.25, -0.2) is 4.79 Å². The summed E-state index contributed by atoms with van der Waals surface area (Å²) in [7, 11) is -1.27. The van der Waals surface area contributed by atoms with Crippen molar-refractivity contribution in [2.75, 3.05) is 13.2 Å². The second kappa shape index (κ2) is 11.3. The maximum Gasteiger partial charge on any atom is 0.338 e. The lowest BCUT2D eigenvalue weighted by Gasteiger charge is -2.17. The third kappa shape index (κ3) is 7.73. The number of aliphatic hydroxyl groups excluding tert-OH is 1. The van der Waals surface area contributed by atoms with Gasteiger partial charge in [-0.2, -0.15) is 0 Å². The van der Waals surface area contributed by atoms with E-state index in [0.717, 1.165) is 27.6 Å². The van der Waals surface area contributed by atoms with Gasteiger partial charge >= 0.3 is 5.97 Å². The Morgan fingerprint density at radius 3 is 2.52 bits per heavy atom. The van der Waals surface area contributed by atoms with E-state index < -0.39 is 8.07 Å². The summed E-state index contributed by atoms with van der Waals surface area (Å²) in [5.74, 6) is 6.48. The van der Waals surface area contributed by atoms with Gasteiger partial charge in [0.15, 0.2) is 0 Å². The molecule has 1 N–H and O–H groups in total. The van der Waals surface area contributed by atoms with Crippen molar-refractivity contribution in [3.05, 3.63) is 64.7 Å². The molecule has 0 atom stereocenters. The number of benzene rings is 2. The summed E-state index contributed by atoms with van der Waals surface area (Å²) < 4.78 is 5.66. The molecule has 2 aromatic carbocycles. The molecule has 5 heteroatoms. The minimum atomic E-state index is -1.27. The SMILES string of the molecule is Cc1ccc(C#CCCO)c(CSc2ccccc2)c1C(=O)OCC[Si](C)(C)C. The van der Waals surface area contributed by atoms with Gasteiger partial charge in [-0.3, -0.25) is 0 Å². The van der Waals surface area contributed by atoms with Crippen LogP contribution in [0.2, 0.25) is 25.7 Å². The van der Waals surface area contributed by atoms with E-state index in [1.54, 1.807) is 11.8 Å². The van der Waals surface area contributed by atoms with Crippen LogP contribution in [-0.2, 0) is 10.5 Å². The Hall–Kier alpha value is -2.00. The first kappa shape index (κ1) is 23.3. The molecular formula is C24H30O3SSi. The first-order chi connectivity index (χ1) is 13.8. The smallest absolute Gasteiger partial charge is 0.338 e. The zero-order chi connectivity index (χ0) is 21.3. The van der Waals surface area contributed by atoms with Gasteiger partial charge in [0.25, 0.3) is 0 Å². The van der Waals surface area contributed by atoms with Crippen LogP contribution >= 0.6 is 11.8 Å². The summed E-state index contributed by atoms with van der Waals surface area (Å²) in [6, 6.07) is 14.9. The van der Waals surface area contributed by atoms with Gasteiger partial charge in [-0.15, -0.1) is 11.8 Å². The molecule has 29 heavy (non-hydrogen) atoms. The summed E-state index contributed by atoms with van der Waals surface area (Å²) in [6.45, 7) is 9.23. The van der Waals surface area contributed by atoms with E-state index in [2.05, 4.69) is 43.6 Å². The number of ether oxygens (including phenoxy) is 1. The van der Waals surface area contributed by atoms with Gasteiger partial charge in [0.2, 0.25) is 0 Å². The molecule has 0 aliphatic rings. The van der Waals surface area contributed by atoms with Crippen molar-refractivity contribution in [3.8, 4) is 11.8 Å². The minimum absolute atomic E-state index is 0.0263. The van der Waals surface area contributed by atoms with Crippen LogP contribution in [0.3, 0.4) is 0 Å². The molecule has 0 amide bonds. The summed E-state index contributed by atoms with van der Waals surface area (Å²) >= 11 is 1.68. The predicted octanol–water partition coefficient (Wildman–Crippen LogP) is 5.52. The van der Waals surface area contributed by atoms with Crippen molar-refractivity contribution in [2.45, 2.75) is 49.7 Å². The highest BCUT2D eigenvalue weighted by atomic mass is 32.2. The largest absolute Gasteiger partial charge is 0.462 e. The molecule has 0 aromatic heterocycles. The van der Waals surface area contributed by atoms with Crippen LogP contribution < -0.4 is 0 Å². The predicted molar refractivity (Wildman–Crippen MR) is 124 cm³/mol. The lowest BCUT2D eigenvalue weighted by atomic mass is 9.97. The van der Waals surface area contributed by atoms with Crippen LogP contribution in [0.25, 0.3) is 0 Å². The zero-order valence-corrected chi connectivity index (χ0v) is 19.6. The highest BCUT2D eigenvalue weighted by Crippen LogP contribution is 2.29. The molecule has 2 aromatic rings. The first-order valence-electron chi connectivity index (χ1n) is 9.89. The van der Waals surface area contributed by atoms with Gasteiger partial charge in [-0.1, -0.05) is 55.7 Å². The van der Waals surface area contributed by atoms with E-state index in [0.29, 0.717) is 24.3 Å². The van der Waals surface area contributed by atoms with Crippen molar-refractivity contribution in [3.63, 3.8) is 0 Å². The fourth-order valence-corrected chi connectivity index (χ4v) is 4.40. The van der Waals surface area contributed by atoms with Gasteiger partial charge < -0.3 is 9.84 Å². The number of thioether (sulfide) groups is 1. The second-order valence-corrected chi connectivity index (χ2v) is 14.8. The van der Waals surface area contributed by atoms with E-state index in [1.165, 1.54) is 0 Å². The van der Waals surface area contributed by atoms with Crippen LogP contribution in [0.5, 0.6) is 0 Å². The summed E-state index contributed by atoms with van der Waals surface area (Å²) in [4.78, 5) is 14.1. The molecule has 0 bridgehead atoms. The normalized spacial score (nSPS) is 10.9. The topological polar surface area (TPSA) is 46.5 Å². The van der Waals surface area contributed by atoms with Crippen LogP contribution in [0.4, 0.5) is 0 Å². The number of hydrogen-bond donors (Lipinski definition) is 1. The average molecular weight is 427 g/mol. The minimum Gasteiger partial charge on any atom is -0.462 e. The maximum atomic E-state index is 13.0. The lowest BCUT2D eigenvalue weighted by Crippen LogP contribution is -2.23. The summed E-state index contributed by atoms with van der Waals surface area (Å²) in [6.07, 6.45) is 0.412. The number of carbonyl (C=O) groups is 1. The molecule has 0 unspecified atom stereocenters. The number of rotatable bonds is 8. The molecule has 3 nitrogen and oxygen atoms in total. The Labute approximate surface area is 179 Å². The van der Waals surface area contributed by atoms with Crippen LogP contribution in [0.1, 0.15) is 33.5 Å².